The van der Waals surface area contributed by atoms with E-state index in [0.29, 0.717) is 0 Å². The molecule has 0 fully saturated rings. The van der Waals surface area contributed by atoms with Gasteiger partial charge in [-0.25, -0.2) is 0 Å². The van der Waals surface area contributed by atoms with Gasteiger partial charge in [0.25, 0.3) is 0 Å². The first kappa shape index (κ1) is 21.6. The molecule has 2 aromatic carbocycles. The molecule has 5 heteroatoms. The number of carbonyl (C=O) groups is 1. The fourth-order valence-electron chi connectivity index (χ4n) is 2.58. The van der Waals surface area contributed by atoms with Crippen LogP contribution in [0, 0.1) is 0 Å². The van der Waals surface area contributed by atoms with Gasteiger partial charge >= 0.3 is 0 Å². The third-order valence-electron chi connectivity index (χ3n) is 4.09. The van der Waals surface area contributed by atoms with Crippen LogP contribution in [0.3, 0.4) is 0 Å². The van der Waals surface area contributed by atoms with E-state index >= 15 is 0 Å². The first-order chi connectivity index (χ1) is 13.7. The summed E-state index contributed by atoms with van der Waals surface area (Å²) >= 11 is 5.19. The maximum absolute atomic E-state index is 11.9. The number of hydrogen-bond donors (Lipinski definition) is 2. The summed E-state index contributed by atoms with van der Waals surface area (Å²) in [6.45, 7) is 2.95. The summed E-state index contributed by atoms with van der Waals surface area (Å²) in [6, 6.07) is 17.2. The minimum atomic E-state index is -0.274. The number of hydrogen-bond acceptors (Lipinski definition) is 3. The monoisotopic (exact) mass is 396 g/mol. The van der Waals surface area contributed by atoms with Gasteiger partial charge in [0.05, 0.1) is 6.61 Å². The standard InChI is InChI=1S/C23H28N2O2S/c1-2-3-4-5-9-18-27-21-15-13-20(14-16-21)24-23(28)25-22(26)17-12-19-10-7-6-8-11-19/h6-8,10-17H,2-5,9,18H2,1H3,(H2,24,25,26,28)/b17-12+. The van der Waals surface area contributed by atoms with E-state index in [1.54, 1.807) is 6.08 Å². The lowest BCUT2D eigenvalue weighted by Crippen LogP contribution is -2.32. The average Bonchev–Trinajstić information content (AvgIpc) is 2.71. The zero-order valence-electron chi connectivity index (χ0n) is 16.3. The molecule has 4 nitrogen and oxygen atoms in total. The minimum Gasteiger partial charge on any atom is -0.494 e. The van der Waals surface area contributed by atoms with Crippen LogP contribution in [-0.2, 0) is 4.79 Å². The van der Waals surface area contributed by atoms with Crippen molar-refractivity contribution >= 4 is 35.0 Å². The number of thiocarbonyl (C=S) groups is 1. The highest BCUT2D eigenvalue weighted by Gasteiger charge is 2.02. The van der Waals surface area contributed by atoms with Crippen LogP contribution in [0.5, 0.6) is 5.75 Å². The summed E-state index contributed by atoms with van der Waals surface area (Å²) < 4.78 is 5.75. The van der Waals surface area contributed by atoms with Crippen molar-refractivity contribution in [2.75, 3.05) is 11.9 Å². The summed E-state index contributed by atoms with van der Waals surface area (Å²) in [5.74, 6) is 0.561. The average molecular weight is 397 g/mol. The first-order valence-electron chi connectivity index (χ1n) is 9.75. The highest BCUT2D eigenvalue weighted by Crippen LogP contribution is 2.16. The molecule has 0 heterocycles. The van der Waals surface area contributed by atoms with Gasteiger partial charge in [0.1, 0.15) is 5.75 Å². The molecule has 0 spiro atoms. The second-order valence-electron chi connectivity index (χ2n) is 6.47. The molecule has 1 amide bonds. The van der Waals surface area contributed by atoms with Crippen molar-refractivity contribution in [2.24, 2.45) is 0 Å². The Morgan fingerprint density at radius 3 is 2.43 bits per heavy atom. The topological polar surface area (TPSA) is 50.4 Å². The van der Waals surface area contributed by atoms with Crippen molar-refractivity contribution in [2.45, 2.75) is 39.0 Å². The van der Waals surface area contributed by atoms with Crippen molar-refractivity contribution in [3.8, 4) is 5.75 Å². The Balaban J connectivity index is 1.70. The Labute approximate surface area is 173 Å². The number of anilines is 1. The van der Waals surface area contributed by atoms with Crippen LogP contribution in [0.2, 0.25) is 0 Å². The Morgan fingerprint density at radius 2 is 1.71 bits per heavy atom. The maximum atomic E-state index is 11.9. The molecule has 0 radical (unpaired) electrons. The number of unbranched alkanes of at least 4 members (excludes halogenated alkanes) is 4. The minimum absolute atomic E-state index is 0.257. The highest BCUT2D eigenvalue weighted by atomic mass is 32.1. The number of carbonyl (C=O) groups excluding carboxylic acids is 1. The molecule has 0 atom stereocenters. The van der Waals surface area contributed by atoms with Crippen LogP contribution in [0.25, 0.3) is 6.08 Å². The predicted molar refractivity (Wildman–Crippen MR) is 121 cm³/mol. The molecule has 0 bridgehead atoms. The molecular formula is C23H28N2O2S. The van der Waals surface area contributed by atoms with Crippen molar-refractivity contribution < 1.29 is 9.53 Å². The van der Waals surface area contributed by atoms with Gasteiger partial charge in [-0.15, -0.1) is 0 Å². The van der Waals surface area contributed by atoms with Crippen LogP contribution < -0.4 is 15.4 Å². The molecule has 28 heavy (non-hydrogen) atoms. The largest absolute Gasteiger partial charge is 0.494 e. The summed E-state index contributed by atoms with van der Waals surface area (Å²) in [5.41, 5.74) is 1.75. The maximum Gasteiger partial charge on any atom is 0.250 e. The van der Waals surface area contributed by atoms with Gasteiger partial charge in [-0.1, -0.05) is 62.9 Å². The lowest BCUT2D eigenvalue weighted by Gasteiger charge is -2.10. The third-order valence-corrected chi connectivity index (χ3v) is 4.30. The Morgan fingerprint density at radius 1 is 1.00 bits per heavy atom. The van der Waals surface area contributed by atoms with Gasteiger partial charge in [-0.2, -0.15) is 0 Å². The Kier molecular flexibility index (Phi) is 9.80. The van der Waals surface area contributed by atoms with Crippen molar-refractivity contribution in [1.29, 1.82) is 0 Å². The number of ether oxygens (including phenoxy) is 1. The van der Waals surface area contributed by atoms with E-state index in [0.717, 1.165) is 30.0 Å². The fourth-order valence-corrected chi connectivity index (χ4v) is 2.80. The molecule has 0 aromatic heterocycles. The van der Waals surface area contributed by atoms with Crippen LogP contribution in [0.4, 0.5) is 5.69 Å². The van der Waals surface area contributed by atoms with E-state index in [-0.39, 0.29) is 11.0 Å². The highest BCUT2D eigenvalue weighted by molar-refractivity contribution is 7.80. The molecule has 0 saturated carbocycles. The van der Waals surface area contributed by atoms with Crippen molar-refractivity contribution in [3.63, 3.8) is 0 Å². The lowest BCUT2D eigenvalue weighted by molar-refractivity contribution is -0.115. The SMILES string of the molecule is CCCCCCCOc1ccc(NC(=S)NC(=O)/C=C/c2ccccc2)cc1. The van der Waals surface area contributed by atoms with Crippen molar-refractivity contribution in [1.82, 2.24) is 5.32 Å². The zero-order chi connectivity index (χ0) is 20.0. The van der Waals surface area contributed by atoms with Gasteiger partial charge in [0, 0.05) is 11.8 Å². The first-order valence-corrected chi connectivity index (χ1v) is 10.2. The molecule has 0 saturated heterocycles. The number of nitrogens with one attached hydrogen (secondary N) is 2. The van der Waals surface area contributed by atoms with Gasteiger partial charge in [-0.05, 0) is 54.5 Å². The summed E-state index contributed by atoms with van der Waals surface area (Å²) in [7, 11) is 0. The second kappa shape index (κ2) is 12.7. The van der Waals surface area contributed by atoms with E-state index in [4.69, 9.17) is 17.0 Å². The predicted octanol–water partition coefficient (Wildman–Crippen LogP) is 5.56. The molecular weight excluding hydrogens is 368 g/mol. The normalized spacial score (nSPS) is 10.6. The van der Waals surface area contributed by atoms with Gasteiger partial charge in [0.15, 0.2) is 5.11 Å². The Bertz CT molecular complexity index is 758. The molecule has 2 aromatic rings. The molecule has 0 aliphatic heterocycles. The molecule has 0 aliphatic rings. The smallest absolute Gasteiger partial charge is 0.250 e. The third kappa shape index (κ3) is 8.82. The zero-order valence-corrected chi connectivity index (χ0v) is 17.1. The lowest BCUT2D eigenvalue weighted by atomic mass is 10.2. The van der Waals surface area contributed by atoms with Crippen LogP contribution in [0.15, 0.2) is 60.7 Å². The molecule has 0 unspecified atom stereocenters. The van der Waals surface area contributed by atoms with E-state index < -0.39 is 0 Å². The van der Waals surface area contributed by atoms with E-state index in [1.165, 1.54) is 31.8 Å². The van der Waals surface area contributed by atoms with Crippen LogP contribution >= 0.6 is 12.2 Å². The van der Waals surface area contributed by atoms with Gasteiger partial charge in [0.2, 0.25) is 5.91 Å². The number of amides is 1. The molecule has 2 rings (SSSR count). The quantitative estimate of drug-likeness (QED) is 0.313. The molecule has 148 valence electrons. The number of benzene rings is 2. The summed E-state index contributed by atoms with van der Waals surface area (Å²) in [5, 5.41) is 5.89. The van der Waals surface area contributed by atoms with Crippen LogP contribution in [0.1, 0.15) is 44.6 Å². The summed E-state index contributed by atoms with van der Waals surface area (Å²) in [6.07, 6.45) is 9.30. The van der Waals surface area contributed by atoms with Gasteiger partial charge in [-0.3, -0.25) is 10.1 Å². The van der Waals surface area contributed by atoms with E-state index in [1.807, 2.05) is 54.6 Å². The second-order valence-corrected chi connectivity index (χ2v) is 6.88. The van der Waals surface area contributed by atoms with Crippen LogP contribution in [-0.4, -0.2) is 17.6 Å². The van der Waals surface area contributed by atoms with E-state index in [9.17, 15) is 4.79 Å². The summed E-state index contributed by atoms with van der Waals surface area (Å²) in [4.78, 5) is 11.9. The fraction of sp³-hybridized carbons (Fsp3) is 0.304. The Hall–Kier alpha value is -2.66. The molecule has 0 aliphatic carbocycles. The van der Waals surface area contributed by atoms with Crippen molar-refractivity contribution in [3.05, 3.63) is 66.2 Å². The molecule has 2 N–H and O–H groups in total. The van der Waals surface area contributed by atoms with E-state index in [2.05, 4.69) is 17.6 Å². The number of rotatable bonds is 10. The van der Waals surface area contributed by atoms with Gasteiger partial charge < -0.3 is 10.1 Å².